The third-order valence-electron chi connectivity index (χ3n) is 2.55. The molecule has 20 heavy (non-hydrogen) atoms. The van der Waals surface area contributed by atoms with Gasteiger partial charge in [0.25, 0.3) is 0 Å². The van der Waals surface area contributed by atoms with Crippen LogP contribution in [0.3, 0.4) is 0 Å². The summed E-state index contributed by atoms with van der Waals surface area (Å²) >= 11 is 5.90. The Bertz CT molecular complexity index is 601. The van der Waals surface area contributed by atoms with Crippen molar-refractivity contribution in [1.82, 2.24) is 4.72 Å². The zero-order valence-corrected chi connectivity index (χ0v) is 13.8. The summed E-state index contributed by atoms with van der Waals surface area (Å²) in [4.78, 5) is 11.2. The lowest BCUT2D eigenvalue weighted by Gasteiger charge is -2.24. The predicted octanol–water partition coefficient (Wildman–Crippen LogP) is 1.98. The van der Waals surface area contributed by atoms with Gasteiger partial charge in [-0.15, -0.1) is 12.4 Å². The minimum absolute atomic E-state index is 0. The number of benzene rings is 1. The highest BCUT2D eigenvalue weighted by molar-refractivity contribution is 7.89. The maximum absolute atomic E-state index is 12.2. The number of carbonyl (C=O) groups excluding carboxylic acids is 1. The van der Waals surface area contributed by atoms with Crippen LogP contribution in [0.25, 0.3) is 0 Å². The summed E-state index contributed by atoms with van der Waals surface area (Å²) < 4.78 is 26.9. The molecule has 0 aliphatic rings. The first-order valence-corrected chi connectivity index (χ1v) is 7.50. The second-order valence-corrected chi connectivity index (χ2v) is 6.95. The fourth-order valence-electron chi connectivity index (χ4n) is 1.39. The molecular weight excluding hydrogens is 323 g/mol. The maximum atomic E-state index is 12.2. The molecule has 1 rings (SSSR count). The van der Waals surface area contributed by atoms with Crippen molar-refractivity contribution in [2.24, 2.45) is 5.73 Å². The molecule has 8 heteroatoms. The van der Waals surface area contributed by atoms with E-state index < -0.39 is 15.6 Å². The summed E-state index contributed by atoms with van der Waals surface area (Å²) in [6, 6.07) is 4.14. The maximum Gasteiger partial charge on any atom is 0.242 e. The number of rotatable bonds is 5. The minimum atomic E-state index is -3.83. The van der Waals surface area contributed by atoms with Crippen LogP contribution < -0.4 is 10.5 Å². The molecule has 1 aromatic rings. The molecule has 0 amide bonds. The summed E-state index contributed by atoms with van der Waals surface area (Å²) in [5.74, 6) is -0.230. The Balaban J connectivity index is 0.00000361. The van der Waals surface area contributed by atoms with Crippen LogP contribution in [-0.4, -0.2) is 26.3 Å². The summed E-state index contributed by atoms with van der Waals surface area (Å²) in [6.07, 6.45) is 0. The van der Waals surface area contributed by atoms with Gasteiger partial charge in [0.05, 0.1) is 5.02 Å². The van der Waals surface area contributed by atoms with Crippen LogP contribution in [0, 0.1) is 0 Å². The zero-order chi connectivity index (χ0) is 14.8. The summed E-state index contributed by atoms with van der Waals surface area (Å²) in [6.45, 7) is 4.81. The van der Waals surface area contributed by atoms with Crippen molar-refractivity contribution in [1.29, 1.82) is 0 Å². The van der Waals surface area contributed by atoms with E-state index in [0.29, 0.717) is 0 Å². The average molecular weight is 341 g/mol. The fourth-order valence-corrected chi connectivity index (χ4v) is 3.34. The van der Waals surface area contributed by atoms with Crippen molar-refractivity contribution in [2.45, 2.75) is 31.2 Å². The molecule has 0 saturated heterocycles. The second-order valence-electron chi connectivity index (χ2n) is 4.89. The van der Waals surface area contributed by atoms with Crippen LogP contribution in [0.5, 0.6) is 0 Å². The van der Waals surface area contributed by atoms with Crippen molar-refractivity contribution in [3.8, 4) is 0 Å². The number of nitrogens with one attached hydrogen (secondary N) is 1. The van der Waals surface area contributed by atoms with E-state index in [-0.39, 0.29) is 40.2 Å². The molecule has 0 radical (unpaired) electrons. The summed E-state index contributed by atoms with van der Waals surface area (Å²) in [5, 5.41) is 0.0605. The average Bonchev–Trinajstić information content (AvgIpc) is 2.27. The van der Waals surface area contributed by atoms with Crippen LogP contribution in [0.15, 0.2) is 23.1 Å². The highest BCUT2D eigenvalue weighted by atomic mass is 35.5. The molecule has 0 atom stereocenters. The Hall–Kier alpha value is -0.660. The number of carbonyl (C=O) groups is 1. The number of nitrogens with two attached hydrogens (primary N) is 1. The molecule has 1 aromatic carbocycles. The van der Waals surface area contributed by atoms with E-state index in [1.165, 1.54) is 25.1 Å². The number of hydrogen-bond donors (Lipinski definition) is 2. The van der Waals surface area contributed by atoms with Crippen LogP contribution >= 0.6 is 24.0 Å². The molecule has 114 valence electrons. The van der Waals surface area contributed by atoms with E-state index in [9.17, 15) is 13.2 Å². The molecule has 0 heterocycles. The molecule has 0 aromatic heterocycles. The number of halogens is 2. The van der Waals surface area contributed by atoms with Crippen molar-refractivity contribution < 1.29 is 13.2 Å². The van der Waals surface area contributed by atoms with Gasteiger partial charge >= 0.3 is 0 Å². The minimum Gasteiger partial charge on any atom is -0.329 e. The van der Waals surface area contributed by atoms with Gasteiger partial charge in [-0.05, 0) is 39.0 Å². The van der Waals surface area contributed by atoms with Crippen LogP contribution in [0.2, 0.25) is 5.02 Å². The molecule has 0 unspecified atom stereocenters. The number of ketones is 1. The number of Topliss-reactive ketones (excluding diaryl/α,β-unsaturated/α-hetero) is 1. The molecule has 0 spiro atoms. The van der Waals surface area contributed by atoms with Crippen LogP contribution in [-0.2, 0) is 10.0 Å². The zero-order valence-electron chi connectivity index (χ0n) is 11.4. The molecule has 0 aliphatic heterocycles. The van der Waals surface area contributed by atoms with Gasteiger partial charge in [0.1, 0.15) is 4.90 Å². The lowest BCUT2D eigenvalue weighted by Crippen LogP contribution is -2.48. The number of hydrogen-bond acceptors (Lipinski definition) is 4. The Morgan fingerprint density at radius 3 is 2.40 bits per heavy atom. The quantitative estimate of drug-likeness (QED) is 0.802. The van der Waals surface area contributed by atoms with Gasteiger partial charge < -0.3 is 5.73 Å². The SMILES string of the molecule is CC(=O)c1ccc(Cl)c(S(=O)(=O)NC(C)(C)CN)c1.Cl. The summed E-state index contributed by atoms with van der Waals surface area (Å²) in [7, 11) is -3.83. The second kappa shape index (κ2) is 6.87. The van der Waals surface area contributed by atoms with Crippen molar-refractivity contribution >= 4 is 39.8 Å². The van der Waals surface area contributed by atoms with Gasteiger partial charge in [-0.2, -0.15) is 0 Å². The van der Waals surface area contributed by atoms with E-state index in [1.54, 1.807) is 13.8 Å². The summed E-state index contributed by atoms with van der Waals surface area (Å²) in [5.41, 5.74) is 4.98. The van der Waals surface area contributed by atoms with Crippen molar-refractivity contribution in [3.05, 3.63) is 28.8 Å². The highest BCUT2D eigenvalue weighted by Gasteiger charge is 2.27. The first-order valence-electron chi connectivity index (χ1n) is 5.63. The van der Waals surface area contributed by atoms with Gasteiger partial charge in [0, 0.05) is 17.6 Å². The van der Waals surface area contributed by atoms with Crippen LogP contribution in [0.1, 0.15) is 31.1 Å². The van der Waals surface area contributed by atoms with Gasteiger partial charge in [-0.1, -0.05) is 11.6 Å². The topological polar surface area (TPSA) is 89.3 Å². The Labute approximate surface area is 130 Å². The van der Waals surface area contributed by atoms with Gasteiger partial charge in [-0.25, -0.2) is 13.1 Å². The predicted molar refractivity (Wildman–Crippen MR) is 82.2 cm³/mol. The van der Waals surface area contributed by atoms with Crippen LogP contribution in [0.4, 0.5) is 0 Å². The first-order chi connectivity index (χ1) is 8.59. The van der Waals surface area contributed by atoms with Crippen molar-refractivity contribution in [2.75, 3.05) is 6.54 Å². The highest BCUT2D eigenvalue weighted by Crippen LogP contribution is 2.24. The molecule has 0 saturated carbocycles. The molecule has 0 aliphatic carbocycles. The van der Waals surface area contributed by atoms with E-state index >= 15 is 0 Å². The normalized spacial score (nSPS) is 11.8. The lowest BCUT2D eigenvalue weighted by molar-refractivity contribution is 0.101. The Morgan fingerprint density at radius 1 is 1.40 bits per heavy atom. The third kappa shape index (κ3) is 4.71. The first kappa shape index (κ1) is 19.3. The number of sulfonamides is 1. The van der Waals surface area contributed by atoms with E-state index in [0.717, 1.165) is 0 Å². The van der Waals surface area contributed by atoms with Gasteiger partial charge in [0.15, 0.2) is 5.78 Å². The molecular formula is C12H18Cl2N2O3S. The smallest absolute Gasteiger partial charge is 0.242 e. The largest absolute Gasteiger partial charge is 0.329 e. The fraction of sp³-hybridized carbons (Fsp3) is 0.417. The molecule has 3 N–H and O–H groups in total. The van der Waals surface area contributed by atoms with E-state index in [4.69, 9.17) is 17.3 Å². The third-order valence-corrected chi connectivity index (χ3v) is 4.73. The molecule has 0 fully saturated rings. The van der Waals surface area contributed by atoms with Gasteiger partial charge in [0.2, 0.25) is 10.0 Å². The Kier molecular flexibility index (Phi) is 6.64. The standard InChI is InChI=1S/C12H17ClN2O3S.ClH/c1-8(16)9-4-5-10(13)11(6-9)19(17,18)15-12(2,3)7-14;/h4-6,15H,7,14H2,1-3H3;1H. The van der Waals surface area contributed by atoms with E-state index in [2.05, 4.69) is 4.72 Å². The van der Waals surface area contributed by atoms with Crippen molar-refractivity contribution in [3.63, 3.8) is 0 Å². The lowest BCUT2D eigenvalue weighted by atomic mass is 10.1. The molecule has 5 nitrogen and oxygen atoms in total. The monoisotopic (exact) mass is 340 g/mol. The molecule has 0 bridgehead atoms. The Morgan fingerprint density at radius 2 is 1.95 bits per heavy atom. The van der Waals surface area contributed by atoms with Gasteiger partial charge in [-0.3, -0.25) is 4.79 Å². The van der Waals surface area contributed by atoms with E-state index in [1.807, 2.05) is 0 Å².